The van der Waals surface area contributed by atoms with Crippen molar-refractivity contribution in [1.82, 2.24) is 15.2 Å². The van der Waals surface area contributed by atoms with Crippen molar-refractivity contribution >= 4 is 56.6 Å². The number of hydrogen-bond donors (Lipinski definition) is 1. The molecule has 2 heterocycles. The monoisotopic (exact) mass is 416 g/mol. The summed E-state index contributed by atoms with van der Waals surface area (Å²) in [7, 11) is 0. The molecule has 0 saturated carbocycles. The van der Waals surface area contributed by atoms with Gasteiger partial charge in [0.1, 0.15) is 5.82 Å². The molecule has 27 heavy (non-hydrogen) atoms. The smallest absolute Gasteiger partial charge is 0.260 e. The van der Waals surface area contributed by atoms with E-state index in [0.29, 0.717) is 14.5 Å². The van der Waals surface area contributed by atoms with E-state index < -0.39 is 11.7 Å². The highest BCUT2D eigenvalue weighted by atomic mass is 35.5. The number of carbonyl (C=O) groups excluding carboxylic acids is 1. The van der Waals surface area contributed by atoms with E-state index in [4.69, 9.17) is 11.6 Å². The second-order valence-corrected chi connectivity index (χ2v) is 8.08. The lowest BCUT2D eigenvalue weighted by molar-refractivity contribution is 0.102. The first-order chi connectivity index (χ1) is 13.1. The highest BCUT2D eigenvalue weighted by Gasteiger charge is 2.15. The Balaban J connectivity index is 1.54. The molecule has 0 atom stereocenters. The van der Waals surface area contributed by atoms with Gasteiger partial charge in [0.25, 0.3) is 5.91 Å². The zero-order chi connectivity index (χ0) is 18.8. The van der Waals surface area contributed by atoms with Gasteiger partial charge in [-0.2, -0.15) is 0 Å². The molecular weight excluding hydrogens is 407 g/mol. The summed E-state index contributed by atoms with van der Waals surface area (Å²) in [6.07, 6.45) is 1.70. The minimum Gasteiger partial charge on any atom is -0.296 e. The Morgan fingerprint density at radius 1 is 1.15 bits per heavy atom. The first-order valence-electron chi connectivity index (χ1n) is 7.71. The third-order valence-corrected chi connectivity index (χ3v) is 5.81. The molecule has 1 N–H and O–H groups in total. The SMILES string of the molecule is O=C(Nc1nnc(Sc2ccnc3cc(Cl)ccc23)s1)c1ccccc1F. The summed E-state index contributed by atoms with van der Waals surface area (Å²) in [6, 6.07) is 13.1. The van der Waals surface area contributed by atoms with Gasteiger partial charge in [0.05, 0.1) is 11.1 Å². The maximum Gasteiger partial charge on any atom is 0.260 e. The molecular formula is C18H10ClFN4OS2. The molecule has 0 aliphatic carbocycles. The summed E-state index contributed by atoms with van der Waals surface area (Å²) >= 11 is 8.63. The van der Waals surface area contributed by atoms with Crippen LogP contribution in [0.15, 0.2) is 64.0 Å². The fraction of sp³-hybridized carbons (Fsp3) is 0. The average molecular weight is 417 g/mol. The Bertz CT molecular complexity index is 1150. The van der Waals surface area contributed by atoms with Crippen LogP contribution < -0.4 is 5.32 Å². The number of halogens is 2. The van der Waals surface area contributed by atoms with Crippen LogP contribution in [0.25, 0.3) is 10.9 Å². The van der Waals surface area contributed by atoms with E-state index in [9.17, 15) is 9.18 Å². The zero-order valence-electron chi connectivity index (χ0n) is 13.5. The second kappa shape index (κ2) is 7.59. The zero-order valence-corrected chi connectivity index (χ0v) is 15.9. The molecule has 0 aliphatic rings. The summed E-state index contributed by atoms with van der Waals surface area (Å²) in [5, 5.41) is 12.5. The highest BCUT2D eigenvalue weighted by Crippen LogP contribution is 2.36. The quantitative estimate of drug-likeness (QED) is 0.458. The third kappa shape index (κ3) is 3.92. The van der Waals surface area contributed by atoms with Crippen LogP contribution in [0, 0.1) is 5.82 Å². The van der Waals surface area contributed by atoms with Crippen LogP contribution in [0.1, 0.15) is 10.4 Å². The number of rotatable bonds is 4. The van der Waals surface area contributed by atoms with Crippen molar-refractivity contribution in [2.75, 3.05) is 5.32 Å². The van der Waals surface area contributed by atoms with Gasteiger partial charge in [0.15, 0.2) is 4.34 Å². The number of carbonyl (C=O) groups is 1. The number of pyridine rings is 1. The number of nitrogens with one attached hydrogen (secondary N) is 1. The molecule has 2 aromatic carbocycles. The largest absolute Gasteiger partial charge is 0.296 e. The Morgan fingerprint density at radius 3 is 2.85 bits per heavy atom. The van der Waals surface area contributed by atoms with Gasteiger partial charge < -0.3 is 0 Å². The lowest BCUT2D eigenvalue weighted by Crippen LogP contribution is -2.13. The van der Waals surface area contributed by atoms with Gasteiger partial charge in [0.2, 0.25) is 5.13 Å². The Morgan fingerprint density at radius 2 is 2.00 bits per heavy atom. The van der Waals surface area contributed by atoms with Gasteiger partial charge >= 0.3 is 0 Å². The number of hydrogen-bond acceptors (Lipinski definition) is 6. The Kier molecular flexibility index (Phi) is 5.02. The molecule has 134 valence electrons. The minimum absolute atomic E-state index is 0.0427. The summed E-state index contributed by atoms with van der Waals surface area (Å²) in [5.41, 5.74) is 0.740. The minimum atomic E-state index is -0.587. The van der Waals surface area contributed by atoms with Crippen molar-refractivity contribution in [2.24, 2.45) is 0 Å². The van der Waals surface area contributed by atoms with Crippen molar-refractivity contribution in [3.8, 4) is 0 Å². The van der Waals surface area contributed by atoms with Gasteiger partial charge in [0, 0.05) is 21.5 Å². The van der Waals surface area contributed by atoms with Crippen LogP contribution in [0.3, 0.4) is 0 Å². The van der Waals surface area contributed by atoms with Gasteiger partial charge in [-0.1, -0.05) is 52.9 Å². The van der Waals surface area contributed by atoms with Crippen LogP contribution in [-0.4, -0.2) is 21.1 Å². The summed E-state index contributed by atoms with van der Waals surface area (Å²) < 4.78 is 14.3. The summed E-state index contributed by atoms with van der Waals surface area (Å²) in [6.45, 7) is 0. The van der Waals surface area contributed by atoms with Gasteiger partial charge in [-0.3, -0.25) is 15.1 Å². The first-order valence-corrected chi connectivity index (χ1v) is 9.73. The predicted octanol–water partition coefficient (Wildman–Crippen LogP) is 5.28. The summed E-state index contributed by atoms with van der Waals surface area (Å²) in [5.74, 6) is -1.15. The van der Waals surface area contributed by atoms with Gasteiger partial charge in [-0.05, 0) is 30.3 Å². The molecule has 2 aromatic heterocycles. The topological polar surface area (TPSA) is 67.8 Å². The predicted molar refractivity (Wildman–Crippen MR) is 105 cm³/mol. The number of benzene rings is 2. The van der Waals surface area contributed by atoms with Crippen LogP contribution >= 0.6 is 34.7 Å². The lowest BCUT2D eigenvalue weighted by atomic mass is 10.2. The van der Waals surface area contributed by atoms with Gasteiger partial charge in [-0.25, -0.2) is 4.39 Å². The van der Waals surface area contributed by atoms with Crippen molar-refractivity contribution in [3.05, 3.63) is 71.1 Å². The standard InChI is InChI=1S/C18H10ClFN4OS2/c19-10-5-6-12-14(9-10)21-8-7-15(12)26-18-24-23-17(27-18)22-16(25)11-3-1-2-4-13(11)20/h1-9H,(H,22,23,25). The lowest BCUT2D eigenvalue weighted by Gasteiger charge is -2.03. The molecule has 5 nitrogen and oxygen atoms in total. The molecule has 4 rings (SSSR count). The fourth-order valence-electron chi connectivity index (χ4n) is 2.39. The summed E-state index contributed by atoms with van der Waals surface area (Å²) in [4.78, 5) is 17.4. The first kappa shape index (κ1) is 17.8. The molecule has 1 amide bonds. The van der Waals surface area contributed by atoms with Crippen LogP contribution in [0.2, 0.25) is 5.02 Å². The van der Waals surface area contributed by atoms with E-state index in [2.05, 4.69) is 20.5 Å². The van der Waals surface area contributed by atoms with E-state index in [-0.39, 0.29) is 5.56 Å². The molecule has 0 radical (unpaired) electrons. The molecule has 0 spiro atoms. The molecule has 4 aromatic rings. The number of amides is 1. The Hall–Kier alpha value is -2.55. The molecule has 0 saturated heterocycles. The third-order valence-electron chi connectivity index (χ3n) is 3.61. The van der Waals surface area contributed by atoms with E-state index >= 15 is 0 Å². The molecule has 0 bridgehead atoms. The van der Waals surface area contributed by atoms with Crippen molar-refractivity contribution < 1.29 is 9.18 Å². The number of aromatic nitrogens is 3. The maximum atomic E-state index is 13.7. The number of fused-ring (bicyclic) bond motifs is 1. The van der Waals surface area contributed by atoms with Crippen molar-refractivity contribution in [2.45, 2.75) is 9.24 Å². The highest BCUT2D eigenvalue weighted by molar-refractivity contribution is 8.01. The van der Waals surface area contributed by atoms with Gasteiger partial charge in [-0.15, -0.1) is 10.2 Å². The molecule has 0 fully saturated rings. The number of anilines is 1. The second-order valence-electron chi connectivity index (χ2n) is 5.38. The van der Waals surface area contributed by atoms with Crippen molar-refractivity contribution in [3.63, 3.8) is 0 Å². The van der Waals surface area contributed by atoms with Crippen LogP contribution in [-0.2, 0) is 0 Å². The molecule has 0 unspecified atom stereocenters. The van der Waals surface area contributed by atoms with Crippen LogP contribution in [0.5, 0.6) is 0 Å². The maximum absolute atomic E-state index is 13.7. The van der Waals surface area contributed by atoms with Crippen molar-refractivity contribution in [1.29, 1.82) is 0 Å². The van der Waals surface area contributed by atoms with E-state index in [1.54, 1.807) is 24.4 Å². The number of nitrogens with zero attached hydrogens (tertiary/aromatic N) is 3. The fourth-order valence-corrected chi connectivity index (χ4v) is 4.38. The average Bonchev–Trinajstić information content (AvgIpc) is 3.08. The van der Waals surface area contributed by atoms with E-state index in [1.807, 2.05) is 12.1 Å². The Labute approximate surface area is 166 Å². The normalized spacial score (nSPS) is 10.9. The van der Waals surface area contributed by atoms with Crippen LogP contribution in [0.4, 0.5) is 9.52 Å². The van der Waals surface area contributed by atoms with E-state index in [0.717, 1.165) is 15.8 Å². The van der Waals surface area contributed by atoms with E-state index in [1.165, 1.54) is 41.3 Å². The molecule has 0 aliphatic heterocycles. The molecule has 9 heteroatoms.